The molecule has 1 aliphatic carbocycles. The summed E-state index contributed by atoms with van der Waals surface area (Å²) in [5, 5.41) is 2.31. The van der Waals surface area contributed by atoms with Gasteiger partial charge in [-0.05, 0) is 68.4 Å². The summed E-state index contributed by atoms with van der Waals surface area (Å²) >= 11 is 0. The molecule has 0 spiro atoms. The highest BCUT2D eigenvalue weighted by atomic mass is 16.5. The molecule has 2 heterocycles. The molecule has 2 atom stereocenters. The van der Waals surface area contributed by atoms with Gasteiger partial charge >= 0.3 is 0 Å². The van der Waals surface area contributed by atoms with Gasteiger partial charge < -0.3 is 4.74 Å². The third kappa shape index (κ3) is 5.71. The Kier molecular flexibility index (Phi) is 7.58. The zero-order chi connectivity index (χ0) is 35.1. The minimum absolute atomic E-state index is 0.0529. The Morgan fingerprint density at radius 2 is 0.943 bits per heavy atom. The maximum absolute atomic E-state index is 6.43. The van der Waals surface area contributed by atoms with Crippen molar-refractivity contribution in [2.75, 3.05) is 0 Å². The molecular formula is C49H33N3O. The number of nitrogens with zero attached hydrogens (tertiary/aromatic N) is 3. The lowest BCUT2D eigenvalue weighted by Crippen LogP contribution is -2.19. The summed E-state index contributed by atoms with van der Waals surface area (Å²) in [6.07, 6.45) is 6.48. The van der Waals surface area contributed by atoms with Gasteiger partial charge in [0.15, 0.2) is 17.5 Å². The minimum Gasteiger partial charge on any atom is -0.485 e. The van der Waals surface area contributed by atoms with E-state index in [0.717, 1.165) is 44.5 Å². The topological polar surface area (TPSA) is 47.9 Å². The number of ether oxygens (including phenoxy) is 1. The summed E-state index contributed by atoms with van der Waals surface area (Å²) in [4.78, 5) is 15.5. The van der Waals surface area contributed by atoms with Gasteiger partial charge in [0.1, 0.15) is 11.9 Å². The number of para-hydroxylation sites is 1. The van der Waals surface area contributed by atoms with Gasteiger partial charge in [-0.15, -0.1) is 0 Å². The molecule has 0 N–H and O–H groups in total. The van der Waals surface area contributed by atoms with Gasteiger partial charge in [0, 0.05) is 22.3 Å². The Labute approximate surface area is 308 Å². The third-order valence-corrected chi connectivity index (χ3v) is 10.3. The van der Waals surface area contributed by atoms with Crippen molar-refractivity contribution in [1.82, 2.24) is 15.0 Å². The van der Waals surface area contributed by atoms with Crippen LogP contribution in [0.25, 0.3) is 72.8 Å². The molecule has 53 heavy (non-hydrogen) atoms. The highest BCUT2D eigenvalue weighted by molar-refractivity contribution is 5.99. The van der Waals surface area contributed by atoms with Crippen LogP contribution in [0, 0.1) is 0 Å². The van der Waals surface area contributed by atoms with Crippen molar-refractivity contribution in [1.29, 1.82) is 0 Å². The molecule has 0 saturated heterocycles. The quantitative estimate of drug-likeness (QED) is 0.175. The molecule has 7 aromatic carbocycles. The molecule has 10 rings (SSSR count). The highest BCUT2D eigenvalue weighted by Gasteiger charge is 2.37. The largest absolute Gasteiger partial charge is 0.485 e. The maximum Gasteiger partial charge on any atom is 0.164 e. The Hall–Kier alpha value is -6.91. The molecule has 4 nitrogen and oxygen atoms in total. The average molecular weight is 680 g/mol. The van der Waals surface area contributed by atoms with Crippen LogP contribution in [0.5, 0.6) is 5.75 Å². The van der Waals surface area contributed by atoms with Crippen LogP contribution in [0.15, 0.2) is 188 Å². The predicted octanol–water partition coefficient (Wildman–Crippen LogP) is 11.9. The molecule has 0 radical (unpaired) electrons. The van der Waals surface area contributed by atoms with E-state index in [-0.39, 0.29) is 12.0 Å². The fourth-order valence-corrected chi connectivity index (χ4v) is 7.69. The highest BCUT2D eigenvalue weighted by Crippen LogP contribution is 2.49. The molecule has 1 aromatic heterocycles. The molecule has 2 aliphatic rings. The van der Waals surface area contributed by atoms with Gasteiger partial charge in [-0.3, -0.25) is 0 Å². The van der Waals surface area contributed by atoms with Crippen LogP contribution in [-0.4, -0.2) is 21.1 Å². The minimum atomic E-state index is -0.0529. The van der Waals surface area contributed by atoms with Crippen molar-refractivity contribution in [3.05, 3.63) is 199 Å². The summed E-state index contributed by atoms with van der Waals surface area (Å²) < 4.78 is 6.43. The van der Waals surface area contributed by atoms with E-state index in [1.165, 1.54) is 27.6 Å². The summed E-state index contributed by atoms with van der Waals surface area (Å²) in [5.74, 6) is 2.92. The first-order valence-electron chi connectivity index (χ1n) is 18.0. The lowest BCUT2D eigenvalue weighted by Gasteiger charge is -2.24. The number of aromatic nitrogens is 3. The summed E-state index contributed by atoms with van der Waals surface area (Å²) in [7, 11) is 0. The first kappa shape index (κ1) is 30.9. The lowest BCUT2D eigenvalue weighted by molar-refractivity contribution is 0.271. The van der Waals surface area contributed by atoms with Gasteiger partial charge in [-0.1, -0.05) is 164 Å². The molecule has 8 aromatic rings. The summed E-state index contributed by atoms with van der Waals surface area (Å²) in [6.45, 7) is 0. The van der Waals surface area contributed by atoms with Gasteiger partial charge in [0.25, 0.3) is 0 Å². The lowest BCUT2D eigenvalue weighted by atomic mass is 9.79. The number of rotatable bonds is 6. The molecule has 2 unspecified atom stereocenters. The molecule has 250 valence electrons. The van der Waals surface area contributed by atoms with E-state index in [4.69, 9.17) is 19.7 Å². The summed E-state index contributed by atoms with van der Waals surface area (Å²) in [5.41, 5.74) is 11.0. The van der Waals surface area contributed by atoms with Crippen molar-refractivity contribution in [2.24, 2.45) is 0 Å². The third-order valence-electron chi connectivity index (χ3n) is 10.3. The van der Waals surface area contributed by atoms with E-state index in [1.54, 1.807) is 0 Å². The van der Waals surface area contributed by atoms with Crippen LogP contribution in [-0.2, 0) is 0 Å². The zero-order valence-electron chi connectivity index (χ0n) is 28.8. The van der Waals surface area contributed by atoms with Crippen LogP contribution in [0.4, 0.5) is 0 Å². The van der Waals surface area contributed by atoms with Crippen LogP contribution in [0.1, 0.15) is 17.0 Å². The van der Waals surface area contributed by atoms with E-state index in [1.807, 2.05) is 18.2 Å². The van der Waals surface area contributed by atoms with Crippen LogP contribution < -0.4 is 4.74 Å². The first-order valence-corrected chi connectivity index (χ1v) is 18.0. The molecule has 0 saturated carbocycles. The van der Waals surface area contributed by atoms with E-state index < -0.39 is 0 Å². The Bertz CT molecular complexity index is 2580. The smallest absolute Gasteiger partial charge is 0.164 e. The number of allylic oxidation sites excluding steroid dienone is 2. The SMILES string of the molecule is C1=CC2Oc3ccccc3C2C(c2cc(-c3nc(-c4ccc(-c5ccccc5)cc4)nc(-c4ccc(-c5ccccc5)cc4)n3)cc3ccccc23)=C1. The van der Waals surface area contributed by atoms with Gasteiger partial charge in [-0.25, -0.2) is 15.0 Å². The van der Waals surface area contributed by atoms with Crippen molar-refractivity contribution in [3.8, 4) is 62.2 Å². The van der Waals surface area contributed by atoms with Crippen molar-refractivity contribution in [3.63, 3.8) is 0 Å². The Balaban J connectivity index is 1.13. The van der Waals surface area contributed by atoms with E-state index in [2.05, 4.69) is 170 Å². The Morgan fingerprint density at radius 3 is 1.58 bits per heavy atom. The van der Waals surface area contributed by atoms with Crippen LogP contribution in [0.2, 0.25) is 0 Å². The number of fused-ring (bicyclic) bond motifs is 4. The van der Waals surface area contributed by atoms with Crippen LogP contribution >= 0.6 is 0 Å². The number of hydrogen-bond donors (Lipinski definition) is 0. The molecule has 0 amide bonds. The molecule has 4 heteroatoms. The first-order chi connectivity index (χ1) is 26.2. The van der Waals surface area contributed by atoms with Crippen molar-refractivity contribution < 1.29 is 4.74 Å². The van der Waals surface area contributed by atoms with E-state index in [0.29, 0.717) is 17.5 Å². The monoisotopic (exact) mass is 679 g/mol. The van der Waals surface area contributed by atoms with Crippen molar-refractivity contribution in [2.45, 2.75) is 12.0 Å². The second kappa shape index (κ2) is 13.0. The molecular weight excluding hydrogens is 647 g/mol. The van der Waals surface area contributed by atoms with Gasteiger partial charge in [-0.2, -0.15) is 0 Å². The predicted molar refractivity (Wildman–Crippen MR) is 215 cm³/mol. The second-order valence-corrected chi connectivity index (χ2v) is 13.5. The average Bonchev–Trinajstić information content (AvgIpc) is 3.63. The van der Waals surface area contributed by atoms with E-state index in [9.17, 15) is 0 Å². The number of benzene rings is 7. The Morgan fingerprint density at radius 1 is 0.434 bits per heavy atom. The molecule has 0 fully saturated rings. The normalized spacial score (nSPS) is 15.7. The zero-order valence-corrected chi connectivity index (χ0v) is 28.8. The van der Waals surface area contributed by atoms with Crippen molar-refractivity contribution >= 4 is 16.3 Å². The molecule has 1 aliphatic heterocycles. The second-order valence-electron chi connectivity index (χ2n) is 13.5. The fraction of sp³-hybridized carbons (Fsp3) is 0.0408. The summed E-state index contributed by atoms with van der Waals surface area (Å²) in [6, 6.07) is 59.2. The fourth-order valence-electron chi connectivity index (χ4n) is 7.69. The van der Waals surface area contributed by atoms with E-state index >= 15 is 0 Å². The number of hydrogen-bond acceptors (Lipinski definition) is 4. The van der Waals surface area contributed by atoms with Crippen LogP contribution in [0.3, 0.4) is 0 Å². The standard InChI is InChI=1S/C49H33N3O/c1-3-12-32(13-4-1)34-22-26-36(27-23-34)47-50-48(37-28-24-35(25-29-37)33-14-5-2-6-15-33)52-49(51-47)39-30-38-16-7-8-17-40(38)43(31-39)41-19-11-21-45-46(41)42-18-9-10-20-44(42)53-45/h1-31,45-46H. The maximum atomic E-state index is 6.43. The van der Waals surface area contributed by atoms with Gasteiger partial charge in [0.05, 0.1) is 5.92 Å². The molecule has 0 bridgehead atoms. The van der Waals surface area contributed by atoms with Gasteiger partial charge in [0.2, 0.25) is 0 Å².